The van der Waals surface area contributed by atoms with Gasteiger partial charge in [0.1, 0.15) is 5.76 Å². The second kappa shape index (κ2) is 7.05. The lowest BCUT2D eigenvalue weighted by molar-refractivity contribution is 0.538. The number of rotatable bonds is 6. The Hall–Kier alpha value is -2.39. The van der Waals surface area contributed by atoms with Crippen LogP contribution in [0.4, 0.5) is 0 Å². The van der Waals surface area contributed by atoms with E-state index in [1.807, 2.05) is 43.3 Å². The van der Waals surface area contributed by atoms with E-state index in [0.717, 1.165) is 36.5 Å². The second-order valence-corrected chi connectivity index (χ2v) is 5.30. The Labute approximate surface area is 131 Å². The van der Waals surface area contributed by atoms with E-state index in [0.29, 0.717) is 5.89 Å². The lowest BCUT2D eigenvalue weighted by atomic mass is 10.2. The molecule has 0 amide bonds. The van der Waals surface area contributed by atoms with Crippen molar-refractivity contribution in [1.82, 2.24) is 10.3 Å². The van der Waals surface area contributed by atoms with Crippen LogP contribution in [-0.2, 0) is 13.0 Å². The number of nitrogens with one attached hydrogen (secondary N) is 1. The Balaban J connectivity index is 1.56. The third-order valence-corrected chi connectivity index (χ3v) is 3.62. The molecule has 3 aromatic rings. The number of hydrogen-bond donors (Lipinski definition) is 1. The van der Waals surface area contributed by atoms with Crippen LogP contribution in [0.2, 0.25) is 0 Å². The van der Waals surface area contributed by atoms with Gasteiger partial charge in [-0.05, 0) is 24.6 Å². The molecule has 0 radical (unpaired) electrons. The molecule has 0 unspecified atom stereocenters. The fraction of sp³-hybridized carbons (Fsp3) is 0.211. The van der Waals surface area contributed by atoms with Crippen molar-refractivity contribution in [3.63, 3.8) is 0 Å². The Morgan fingerprint density at radius 3 is 2.36 bits per heavy atom. The summed E-state index contributed by atoms with van der Waals surface area (Å²) in [6, 6.07) is 20.4. The maximum atomic E-state index is 5.78. The molecule has 3 nitrogen and oxygen atoms in total. The van der Waals surface area contributed by atoms with Gasteiger partial charge in [0.05, 0.1) is 5.69 Å². The van der Waals surface area contributed by atoms with Gasteiger partial charge in [-0.15, -0.1) is 0 Å². The number of benzene rings is 2. The molecule has 1 aromatic heterocycles. The Bertz CT molecular complexity index is 705. The van der Waals surface area contributed by atoms with Gasteiger partial charge in [-0.2, -0.15) is 0 Å². The van der Waals surface area contributed by atoms with Gasteiger partial charge in [0.2, 0.25) is 5.89 Å². The molecule has 0 aliphatic rings. The van der Waals surface area contributed by atoms with Gasteiger partial charge in [-0.1, -0.05) is 48.5 Å². The SMILES string of the molecule is Cc1oc(-c2ccccc2)nc1CCNCc1ccccc1. The first kappa shape index (κ1) is 14.5. The first-order valence-electron chi connectivity index (χ1n) is 7.59. The minimum absolute atomic E-state index is 0.705. The predicted molar refractivity (Wildman–Crippen MR) is 88.5 cm³/mol. The fourth-order valence-corrected chi connectivity index (χ4v) is 2.40. The highest BCUT2D eigenvalue weighted by molar-refractivity contribution is 5.53. The van der Waals surface area contributed by atoms with Crippen LogP contribution in [0.1, 0.15) is 17.0 Å². The zero-order chi connectivity index (χ0) is 15.2. The maximum Gasteiger partial charge on any atom is 0.226 e. The minimum Gasteiger partial charge on any atom is -0.441 e. The molecule has 1 N–H and O–H groups in total. The summed E-state index contributed by atoms with van der Waals surface area (Å²) in [5, 5.41) is 3.44. The van der Waals surface area contributed by atoms with Crippen molar-refractivity contribution in [2.24, 2.45) is 0 Å². The van der Waals surface area contributed by atoms with Crippen LogP contribution in [0, 0.1) is 6.92 Å². The average Bonchev–Trinajstić information content (AvgIpc) is 2.94. The molecule has 112 valence electrons. The molecule has 0 spiro atoms. The predicted octanol–water partition coefficient (Wildman–Crippen LogP) is 3.98. The summed E-state index contributed by atoms with van der Waals surface area (Å²) in [4.78, 5) is 4.62. The first-order valence-corrected chi connectivity index (χ1v) is 7.59. The van der Waals surface area contributed by atoms with Gasteiger partial charge in [0.15, 0.2) is 0 Å². The third kappa shape index (κ3) is 3.62. The Morgan fingerprint density at radius 2 is 1.64 bits per heavy atom. The number of aromatic nitrogens is 1. The third-order valence-electron chi connectivity index (χ3n) is 3.62. The highest BCUT2D eigenvalue weighted by Gasteiger charge is 2.10. The molecule has 0 fully saturated rings. The van der Waals surface area contributed by atoms with Crippen molar-refractivity contribution in [3.05, 3.63) is 77.7 Å². The average molecular weight is 292 g/mol. The Kier molecular flexibility index (Phi) is 4.66. The highest BCUT2D eigenvalue weighted by atomic mass is 16.4. The summed E-state index contributed by atoms with van der Waals surface area (Å²) in [6.07, 6.45) is 0.870. The van der Waals surface area contributed by atoms with Crippen LogP contribution < -0.4 is 5.32 Å². The second-order valence-electron chi connectivity index (χ2n) is 5.30. The summed E-state index contributed by atoms with van der Waals surface area (Å²) in [5.74, 6) is 1.61. The molecule has 22 heavy (non-hydrogen) atoms. The molecular formula is C19H20N2O. The van der Waals surface area contributed by atoms with E-state index in [4.69, 9.17) is 4.42 Å². The number of oxazole rings is 1. The van der Waals surface area contributed by atoms with Crippen molar-refractivity contribution in [2.75, 3.05) is 6.54 Å². The van der Waals surface area contributed by atoms with Gasteiger partial charge in [0, 0.05) is 25.1 Å². The van der Waals surface area contributed by atoms with Crippen LogP contribution >= 0.6 is 0 Å². The van der Waals surface area contributed by atoms with Crippen LogP contribution in [0.15, 0.2) is 65.1 Å². The van der Waals surface area contributed by atoms with E-state index in [9.17, 15) is 0 Å². The van der Waals surface area contributed by atoms with Gasteiger partial charge < -0.3 is 9.73 Å². The topological polar surface area (TPSA) is 38.1 Å². The van der Waals surface area contributed by atoms with Gasteiger partial charge in [-0.3, -0.25) is 0 Å². The summed E-state index contributed by atoms with van der Waals surface area (Å²) in [6.45, 7) is 3.74. The van der Waals surface area contributed by atoms with Gasteiger partial charge in [-0.25, -0.2) is 4.98 Å². The zero-order valence-electron chi connectivity index (χ0n) is 12.8. The van der Waals surface area contributed by atoms with Crippen molar-refractivity contribution in [1.29, 1.82) is 0 Å². The minimum atomic E-state index is 0.705. The van der Waals surface area contributed by atoms with E-state index >= 15 is 0 Å². The van der Waals surface area contributed by atoms with Gasteiger partial charge >= 0.3 is 0 Å². The monoisotopic (exact) mass is 292 g/mol. The molecule has 2 aromatic carbocycles. The molecule has 3 heteroatoms. The maximum absolute atomic E-state index is 5.78. The molecule has 0 aliphatic heterocycles. The fourth-order valence-electron chi connectivity index (χ4n) is 2.40. The summed E-state index contributed by atoms with van der Waals surface area (Å²) in [7, 11) is 0. The van der Waals surface area contributed by atoms with Crippen LogP contribution in [-0.4, -0.2) is 11.5 Å². The lowest BCUT2D eigenvalue weighted by Crippen LogP contribution is -2.17. The summed E-state index contributed by atoms with van der Waals surface area (Å²) >= 11 is 0. The zero-order valence-corrected chi connectivity index (χ0v) is 12.8. The van der Waals surface area contributed by atoms with Crippen molar-refractivity contribution >= 4 is 0 Å². The van der Waals surface area contributed by atoms with E-state index in [1.165, 1.54) is 5.56 Å². The van der Waals surface area contributed by atoms with Crippen molar-refractivity contribution in [2.45, 2.75) is 19.9 Å². The van der Waals surface area contributed by atoms with Crippen molar-refractivity contribution in [3.8, 4) is 11.5 Å². The quantitative estimate of drug-likeness (QED) is 0.698. The molecule has 0 saturated heterocycles. The molecule has 3 rings (SSSR count). The van der Waals surface area contributed by atoms with E-state index in [1.54, 1.807) is 0 Å². The highest BCUT2D eigenvalue weighted by Crippen LogP contribution is 2.21. The Morgan fingerprint density at radius 1 is 0.955 bits per heavy atom. The summed E-state index contributed by atoms with van der Waals surface area (Å²) < 4.78 is 5.78. The number of hydrogen-bond acceptors (Lipinski definition) is 3. The van der Waals surface area contributed by atoms with E-state index in [2.05, 4.69) is 34.6 Å². The van der Waals surface area contributed by atoms with Crippen LogP contribution in [0.25, 0.3) is 11.5 Å². The van der Waals surface area contributed by atoms with Crippen molar-refractivity contribution < 1.29 is 4.42 Å². The smallest absolute Gasteiger partial charge is 0.226 e. The standard InChI is InChI=1S/C19H20N2O/c1-15-18(12-13-20-14-16-8-4-2-5-9-16)21-19(22-15)17-10-6-3-7-11-17/h2-11,20H,12-14H2,1H3. The van der Waals surface area contributed by atoms with Crippen LogP contribution in [0.5, 0.6) is 0 Å². The number of nitrogens with zero attached hydrogens (tertiary/aromatic N) is 1. The largest absolute Gasteiger partial charge is 0.441 e. The molecule has 0 bridgehead atoms. The first-order chi connectivity index (χ1) is 10.8. The summed E-state index contributed by atoms with van der Waals surface area (Å²) in [5.41, 5.74) is 3.35. The molecular weight excluding hydrogens is 272 g/mol. The molecule has 1 heterocycles. The van der Waals surface area contributed by atoms with Crippen LogP contribution in [0.3, 0.4) is 0 Å². The van der Waals surface area contributed by atoms with Gasteiger partial charge in [0.25, 0.3) is 0 Å². The number of aryl methyl sites for hydroxylation is 1. The molecule has 0 aliphatic carbocycles. The normalized spacial score (nSPS) is 10.8. The van der Waals surface area contributed by atoms with E-state index in [-0.39, 0.29) is 0 Å². The lowest BCUT2D eigenvalue weighted by Gasteiger charge is -2.03. The molecule has 0 atom stereocenters. The molecule has 0 saturated carbocycles. The van der Waals surface area contributed by atoms with E-state index < -0.39 is 0 Å².